The van der Waals surface area contributed by atoms with Crippen LogP contribution in [0.5, 0.6) is 0 Å². The van der Waals surface area contributed by atoms with Crippen LogP contribution in [-0.4, -0.2) is 98.0 Å². The zero-order valence-electron chi connectivity index (χ0n) is 21.7. The third-order valence-electron chi connectivity index (χ3n) is 7.15. The van der Waals surface area contributed by atoms with Crippen LogP contribution in [0.4, 0.5) is 11.8 Å². The van der Waals surface area contributed by atoms with Crippen molar-refractivity contribution in [3.63, 3.8) is 0 Å². The van der Waals surface area contributed by atoms with E-state index >= 15 is 0 Å². The summed E-state index contributed by atoms with van der Waals surface area (Å²) >= 11 is 5.23. The molecule has 226 valence electrons. The molecule has 9 N–H and O–H groups in total. The zero-order valence-corrected chi connectivity index (χ0v) is 23.4. The first kappa shape index (κ1) is 29.0. The Morgan fingerprint density at radius 1 is 1.14 bits per heavy atom. The molecule has 20 heteroatoms. The van der Waals surface area contributed by atoms with Crippen LogP contribution in [0.2, 0.25) is 0 Å². The maximum Gasteiger partial charge on any atom is 0.324 e. The smallest absolute Gasteiger partial charge is 0.324 e. The van der Waals surface area contributed by atoms with Crippen LogP contribution in [0.25, 0.3) is 22.2 Å². The van der Waals surface area contributed by atoms with Crippen molar-refractivity contribution < 1.29 is 38.7 Å². The fourth-order valence-electron chi connectivity index (χ4n) is 5.18. The highest BCUT2D eigenvalue weighted by Crippen LogP contribution is 2.50. The topological polar surface area (TPSA) is 264 Å². The van der Waals surface area contributed by atoms with Gasteiger partial charge in [-0.05, 0) is 17.9 Å². The van der Waals surface area contributed by atoms with E-state index in [9.17, 15) is 25.0 Å². The molecule has 0 spiro atoms. The summed E-state index contributed by atoms with van der Waals surface area (Å²) in [6.45, 7) is -4.43. The maximum atomic E-state index is 12.2. The number of nitrogens with zero attached hydrogens (tertiary/aromatic N) is 6. The third-order valence-corrected chi connectivity index (χ3v) is 8.77. The second-order valence-corrected chi connectivity index (χ2v) is 12.6. The van der Waals surface area contributed by atoms with E-state index in [1.165, 1.54) is 17.2 Å². The number of aliphatic hydroxyl groups excluding tert-OH is 3. The van der Waals surface area contributed by atoms with Gasteiger partial charge in [0.1, 0.15) is 36.1 Å². The van der Waals surface area contributed by atoms with Crippen LogP contribution in [0.1, 0.15) is 25.3 Å². The number of hydrogen-bond donors (Lipinski definition) is 7. The fraction of sp³-hybridized carbons (Fsp3) is 0.500. The Hall–Kier alpha value is -3.10. The normalized spacial score (nSPS) is 29.5. The summed E-state index contributed by atoms with van der Waals surface area (Å²) in [6.07, 6.45) is -2.53. The zero-order chi connectivity index (χ0) is 29.8. The van der Waals surface area contributed by atoms with Crippen LogP contribution < -0.4 is 17.0 Å². The van der Waals surface area contributed by atoms with Crippen LogP contribution >= 0.6 is 6.72 Å². The highest BCUT2D eigenvalue weighted by molar-refractivity contribution is 8.07. The van der Waals surface area contributed by atoms with Gasteiger partial charge in [0.25, 0.3) is 5.56 Å². The number of hydrogen-bond acceptors (Lipinski definition) is 15. The van der Waals surface area contributed by atoms with Crippen molar-refractivity contribution in [3.8, 4) is 0 Å². The summed E-state index contributed by atoms with van der Waals surface area (Å²) in [5.74, 6) is 0.131. The summed E-state index contributed by atoms with van der Waals surface area (Å²) in [6, 6.07) is 1.68. The SMILES string of the molecule is Nc1nc2c(ncn2[C@@H]2OC(CO)C[C@H]2OP(O)(=S)OCC[C@H]2O[C@@H](n3ccc4c(N)ncnc43)[C@H](O)[C@@H]2O)c(=O)[nH]1. The highest BCUT2D eigenvalue weighted by atomic mass is 32.5. The Morgan fingerprint density at radius 2 is 1.95 bits per heavy atom. The van der Waals surface area contributed by atoms with Crippen molar-refractivity contribution in [3.05, 3.63) is 35.3 Å². The van der Waals surface area contributed by atoms with Gasteiger partial charge in [0, 0.05) is 19.0 Å². The Bertz CT molecular complexity index is 1720. The van der Waals surface area contributed by atoms with Gasteiger partial charge in [0.15, 0.2) is 23.6 Å². The monoisotopic (exact) mass is 625 g/mol. The molecular weight excluding hydrogens is 597 g/mol. The first-order valence-corrected chi connectivity index (χ1v) is 15.4. The van der Waals surface area contributed by atoms with Gasteiger partial charge in [0.2, 0.25) is 5.95 Å². The standard InChI is InChI=1S/C22H28N9O9PS/c23-16-10-1-3-30(17(10)26-7-25-16)21-15(34)14(33)11(39-21)2-4-37-41(36,42)40-12-5-9(6-32)38-20(12)31-8-27-13-18(31)28-22(24)29-19(13)35/h1,3,7-9,11-12,14-15,20-21,32-34H,2,4-6H2,(H,36,42)(H2,23,25,26)(H3,24,28,29,35)/t9?,11-,12-,14-,15-,20-,21-,41?/m1/s1. The summed E-state index contributed by atoms with van der Waals surface area (Å²) in [5, 5.41) is 31.6. The second kappa shape index (κ2) is 11.2. The number of anilines is 2. The number of nitrogen functional groups attached to an aromatic ring is 2. The number of H-pyrrole nitrogens is 1. The number of nitrogens with one attached hydrogen (secondary N) is 1. The van der Waals surface area contributed by atoms with Gasteiger partial charge in [-0.3, -0.25) is 14.3 Å². The van der Waals surface area contributed by atoms with E-state index < -0.39 is 55.3 Å². The second-order valence-electron chi connectivity index (χ2n) is 9.84. The van der Waals surface area contributed by atoms with Gasteiger partial charge in [-0.15, -0.1) is 0 Å². The van der Waals surface area contributed by atoms with E-state index in [0.29, 0.717) is 11.0 Å². The minimum atomic E-state index is -3.90. The van der Waals surface area contributed by atoms with Crippen molar-refractivity contribution >= 4 is 52.5 Å². The van der Waals surface area contributed by atoms with E-state index in [-0.39, 0.29) is 49.0 Å². The number of aromatic nitrogens is 7. The molecular formula is C22H28N9O9PS. The molecule has 6 rings (SSSR count). The molecule has 0 saturated carbocycles. The lowest BCUT2D eigenvalue weighted by Crippen LogP contribution is -2.32. The molecule has 18 nitrogen and oxygen atoms in total. The number of fused-ring (bicyclic) bond motifs is 2. The molecule has 0 aromatic carbocycles. The first-order chi connectivity index (χ1) is 20.1. The molecule has 2 unspecified atom stereocenters. The molecule has 2 saturated heterocycles. The summed E-state index contributed by atoms with van der Waals surface area (Å²) in [7, 11) is 0. The molecule has 8 atom stereocenters. The van der Waals surface area contributed by atoms with Gasteiger partial charge in [-0.2, -0.15) is 4.98 Å². The number of aliphatic hydroxyl groups is 3. The lowest BCUT2D eigenvalue weighted by molar-refractivity contribution is -0.0486. The van der Waals surface area contributed by atoms with E-state index in [4.69, 9.17) is 41.8 Å². The molecule has 0 bridgehead atoms. The minimum absolute atomic E-state index is 0.0121. The average Bonchev–Trinajstić information content (AvgIpc) is 3.71. The van der Waals surface area contributed by atoms with Crippen molar-refractivity contribution in [1.29, 1.82) is 0 Å². The molecule has 2 fully saturated rings. The van der Waals surface area contributed by atoms with Gasteiger partial charge in [0.05, 0.1) is 37.1 Å². The largest absolute Gasteiger partial charge is 0.394 e. The average molecular weight is 626 g/mol. The Kier molecular flexibility index (Phi) is 7.73. The molecule has 42 heavy (non-hydrogen) atoms. The van der Waals surface area contributed by atoms with E-state index in [1.807, 2.05) is 0 Å². The third kappa shape index (κ3) is 5.28. The Balaban J connectivity index is 1.11. The molecule has 2 aliphatic rings. The number of rotatable bonds is 9. The fourth-order valence-corrected chi connectivity index (χ4v) is 6.67. The minimum Gasteiger partial charge on any atom is -0.394 e. The summed E-state index contributed by atoms with van der Waals surface area (Å²) in [5.41, 5.74) is 11.6. The quantitative estimate of drug-likeness (QED) is 0.106. The van der Waals surface area contributed by atoms with Crippen molar-refractivity contribution in [2.45, 2.75) is 55.8 Å². The lowest BCUT2D eigenvalue weighted by Gasteiger charge is -2.25. The van der Waals surface area contributed by atoms with Crippen LogP contribution in [0.15, 0.2) is 29.7 Å². The highest BCUT2D eigenvalue weighted by Gasteiger charge is 2.45. The van der Waals surface area contributed by atoms with Gasteiger partial charge < -0.3 is 54.8 Å². The number of ether oxygens (including phenoxy) is 2. The number of imidazole rings is 1. The van der Waals surface area contributed by atoms with Crippen LogP contribution in [0.3, 0.4) is 0 Å². The Labute approximate surface area is 241 Å². The molecule has 6 heterocycles. The molecule has 0 aliphatic carbocycles. The van der Waals surface area contributed by atoms with E-state index in [1.54, 1.807) is 16.8 Å². The van der Waals surface area contributed by atoms with Crippen molar-refractivity contribution in [2.75, 3.05) is 24.7 Å². The van der Waals surface area contributed by atoms with Crippen molar-refractivity contribution in [1.82, 2.24) is 34.1 Å². The van der Waals surface area contributed by atoms with Gasteiger partial charge >= 0.3 is 6.72 Å². The van der Waals surface area contributed by atoms with Gasteiger partial charge in [-0.1, -0.05) is 0 Å². The number of nitrogens with two attached hydrogens (primary N) is 2. The van der Waals surface area contributed by atoms with Crippen LogP contribution in [-0.2, 0) is 30.3 Å². The first-order valence-electron chi connectivity index (χ1n) is 12.8. The predicted molar refractivity (Wildman–Crippen MR) is 148 cm³/mol. The molecule has 0 radical (unpaired) electrons. The number of aromatic amines is 1. The lowest BCUT2D eigenvalue weighted by atomic mass is 10.1. The molecule has 4 aromatic rings. The Morgan fingerprint density at radius 3 is 2.74 bits per heavy atom. The predicted octanol–water partition coefficient (Wildman–Crippen LogP) is -1.36. The summed E-state index contributed by atoms with van der Waals surface area (Å²) in [4.78, 5) is 41.7. The summed E-state index contributed by atoms with van der Waals surface area (Å²) < 4.78 is 26.0. The van der Waals surface area contributed by atoms with E-state index in [0.717, 1.165) is 0 Å². The van der Waals surface area contributed by atoms with Crippen molar-refractivity contribution in [2.24, 2.45) is 0 Å². The van der Waals surface area contributed by atoms with Crippen LogP contribution in [0, 0.1) is 0 Å². The molecule has 2 aliphatic heterocycles. The van der Waals surface area contributed by atoms with Gasteiger partial charge in [-0.25, -0.2) is 15.0 Å². The maximum absolute atomic E-state index is 12.2. The molecule has 0 amide bonds. The molecule has 4 aromatic heterocycles. The van der Waals surface area contributed by atoms with E-state index in [2.05, 4.69) is 24.9 Å².